The molecule has 3 rings (SSSR count). The first-order valence-electron chi connectivity index (χ1n) is 7.96. The van der Waals surface area contributed by atoms with Crippen molar-refractivity contribution in [2.24, 2.45) is 5.10 Å². The maximum Gasteiger partial charge on any atom is 0.273 e. The molecule has 1 aromatic heterocycles. The molecule has 4 nitrogen and oxygen atoms in total. The minimum Gasteiger partial charge on any atom is -0.267 e. The number of hydrogen-bond acceptors (Lipinski definition) is 3. The number of hydrazone groups is 1. The highest BCUT2D eigenvalue weighted by molar-refractivity contribution is 9.10. The number of carbonyl (C=O) groups excluding carboxylic acids is 1. The predicted molar refractivity (Wildman–Crippen MR) is 114 cm³/mol. The fourth-order valence-corrected chi connectivity index (χ4v) is 3.13. The van der Waals surface area contributed by atoms with Crippen LogP contribution in [0.5, 0.6) is 0 Å². The molecule has 7 heteroatoms. The summed E-state index contributed by atoms with van der Waals surface area (Å²) in [5, 5.41) is 4.95. The van der Waals surface area contributed by atoms with Crippen molar-refractivity contribution in [3.05, 3.63) is 85.9 Å². The van der Waals surface area contributed by atoms with Crippen LogP contribution in [0.15, 0.2) is 64.2 Å². The molecule has 0 spiro atoms. The molecule has 2 aromatic carbocycles. The van der Waals surface area contributed by atoms with Crippen LogP contribution in [0.25, 0.3) is 11.3 Å². The number of pyridine rings is 1. The van der Waals surface area contributed by atoms with Crippen LogP contribution in [0.1, 0.15) is 21.6 Å². The van der Waals surface area contributed by atoms with E-state index in [9.17, 15) is 4.79 Å². The third-order valence-electron chi connectivity index (χ3n) is 3.80. The summed E-state index contributed by atoms with van der Waals surface area (Å²) in [5.41, 5.74) is 5.99. The van der Waals surface area contributed by atoms with Crippen LogP contribution in [0, 0.1) is 6.92 Å². The molecule has 0 atom stereocenters. The quantitative estimate of drug-likeness (QED) is 0.388. The number of nitrogens with one attached hydrogen (secondary N) is 1. The van der Waals surface area contributed by atoms with E-state index in [1.807, 2.05) is 30.3 Å². The Morgan fingerprint density at radius 3 is 2.52 bits per heavy atom. The summed E-state index contributed by atoms with van der Waals surface area (Å²) >= 11 is 15.3. The topological polar surface area (TPSA) is 54.4 Å². The summed E-state index contributed by atoms with van der Waals surface area (Å²) < 4.78 is 0.998. The van der Waals surface area contributed by atoms with Gasteiger partial charge in [-0.05, 0) is 43.3 Å². The van der Waals surface area contributed by atoms with Gasteiger partial charge in [-0.3, -0.25) is 9.78 Å². The smallest absolute Gasteiger partial charge is 0.267 e. The lowest BCUT2D eigenvalue weighted by molar-refractivity contribution is 0.0954. The summed E-state index contributed by atoms with van der Waals surface area (Å²) in [6.07, 6.45) is 1.47. The van der Waals surface area contributed by atoms with E-state index >= 15 is 0 Å². The number of amides is 1. The molecule has 0 fully saturated rings. The van der Waals surface area contributed by atoms with Crippen LogP contribution in [0.2, 0.25) is 10.0 Å². The first-order chi connectivity index (χ1) is 12.9. The van der Waals surface area contributed by atoms with E-state index in [-0.39, 0.29) is 5.91 Å². The molecule has 27 heavy (non-hydrogen) atoms. The molecule has 0 aliphatic rings. The van der Waals surface area contributed by atoms with Gasteiger partial charge >= 0.3 is 0 Å². The van der Waals surface area contributed by atoms with Crippen molar-refractivity contribution in [1.82, 2.24) is 10.4 Å². The molecule has 1 amide bonds. The van der Waals surface area contributed by atoms with E-state index in [1.165, 1.54) is 6.21 Å². The summed E-state index contributed by atoms with van der Waals surface area (Å²) in [7, 11) is 0. The van der Waals surface area contributed by atoms with Crippen molar-refractivity contribution in [3.8, 4) is 11.3 Å². The summed E-state index contributed by atoms with van der Waals surface area (Å²) in [5.74, 6) is -0.344. The Labute approximate surface area is 175 Å². The Morgan fingerprint density at radius 1 is 1.11 bits per heavy atom. The van der Waals surface area contributed by atoms with Gasteiger partial charge in [0.05, 0.1) is 28.2 Å². The summed E-state index contributed by atoms with van der Waals surface area (Å²) in [4.78, 5) is 16.9. The van der Waals surface area contributed by atoms with Crippen LogP contribution in [-0.4, -0.2) is 17.1 Å². The Hall–Kier alpha value is -2.21. The summed E-state index contributed by atoms with van der Waals surface area (Å²) in [6, 6.07) is 16.4. The van der Waals surface area contributed by atoms with Crippen LogP contribution in [0.3, 0.4) is 0 Å². The zero-order valence-electron chi connectivity index (χ0n) is 14.2. The molecule has 0 saturated carbocycles. The van der Waals surface area contributed by atoms with Gasteiger partial charge in [-0.25, -0.2) is 5.43 Å². The molecule has 1 N–H and O–H groups in total. The van der Waals surface area contributed by atoms with Gasteiger partial charge in [-0.2, -0.15) is 5.10 Å². The number of halogens is 3. The van der Waals surface area contributed by atoms with Crippen LogP contribution < -0.4 is 5.43 Å². The van der Waals surface area contributed by atoms with Gasteiger partial charge in [0.2, 0.25) is 0 Å². The van der Waals surface area contributed by atoms with Gasteiger partial charge in [0.1, 0.15) is 0 Å². The van der Waals surface area contributed by atoms with Gasteiger partial charge in [0.25, 0.3) is 5.91 Å². The Bertz CT molecular complexity index is 1020. The Kier molecular flexibility index (Phi) is 6.26. The number of aryl methyl sites for hydroxylation is 1. The second-order valence-corrected chi connectivity index (χ2v) is 7.46. The van der Waals surface area contributed by atoms with Crippen LogP contribution in [0.4, 0.5) is 0 Å². The van der Waals surface area contributed by atoms with Crippen LogP contribution >= 0.6 is 39.1 Å². The third kappa shape index (κ3) is 4.95. The number of hydrogen-bond donors (Lipinski definition) is 1. The molecule has 0 aliphatic heterocycles. The van der Waals surface area contributed by atoms with E-state index in [1.54, 1.807) is 31.2 Å². The number of aromatic nitrogens is 1. The Morgan fingerprint density at radius 2 is 1.85 bits per heavy atom. The molecule has 136 valence electrons. The highest BCUT2D eigenvalue weighted by atomic mass is 79.9. The SMILES string of the molecule is Cc1nc(-c2ccc(Br)cc2)ccc1C(=O)N/N=C/c1ccc(Cl)cc1Cl. The van der Waals surface area contributed by atoms with Gasteiger partial charge in [0, 0.05) is 20.6 Å². The van der Waals surface area contributed by atoms with Gasteiger partial charge in [-0.1, -0.05) is 57.3 Å². The number of carbonyl (C=O) groups is 1. The zero-order valence-corrected chi connectivity index (χ0v) is 17.3. The normalized spacial score (nSPS) is 11.0. The first-order valence-corrected chi connectivity index (χ1v) is 9.51. The second kappa shape index (κ2) is 8.65. The standard InChI is InChI=1S/C20H14BrCl2N3O/c1-12-17(8-9-19(25-12)13-2-5-15(21)6-3-13)20(27)26-24-11-14-4-7-16(22)10-18(14)23/h2-11H,1H3,(H,26,27)/b24-11+. The lowest BCUT2D eigenvalue weighted by Gasteiger charge is -2.07. The number of nitrogens with zero attached hydrogens (tertiary/aromatic N) is 2. The van der Waals surface area contributed by atoms with Gasteiger partial charge < -0.3 is 0 Å². The van der Waals surface area contributed by atoms with Crippen molar-refractivity contribution < 1.29 is 4.79 Å². The maximum atomic E-state index is 12.4. The lowest BCUT2D eigenvalue weighted by atomic mass is 10.1. The molecule has 3 aromatic rings. The number of benzene rings is 2. The van der Waals surface area contributed by atoms with E-state index < -0.39 is 0 Å². The molecular formula is C20H14BrCl2N3O. The lowest BCUT2D eigenvalue weighted by Crippen LogP contribution is -2.19. The predicted octanol–water partition coefficient (Wildman–Crippen LogP) is 5.89. The van der Waals surface area contributed by atoms with E-state index in [0.717, 1.165) is 15.7 Å². The molecule has 0 saturated heterocycles. The van der Waals surface area contributed by atoms with Crippen molar-refractivity contribution in [1.29, 1.82) is 0 Å². The highest BCUT2D eigenvalue weighted by Crippen LogP contribution is 2.22. The molecule has 0 bridgehead atoms. The van der Waals surface area contributed by atoms with Crippen molar-refractivity contribution in [2.75, 3.05) is 0 Å². The van der Waals surface area contributed by atoms with Gasteiger partial charge in [0.15, 0.2) is 0 Å². The largest absolute Gasteiger partial charge is 0.273 e. The fraction of sp³-hybridized carbons (Fsp3) is 0.0500. The molecular weight excluding hydrogens is 449 g/mol. The van der Waals surface area contributed by atoms with E-state index in [0.29, 0.717) is 26.9 Å². The zero-order chi connectivity index (χ0) is 19.4. The molecule has 0 aliphatic carbocycles. The average molecular weight is 463 g/mol. The fourth-order valence-electron chi connectivity index (χ4n) is 2.41. The van der Waals surface area contributed by atoms with E-state index in [2.05, 4.69) is 31.4 Å². The molecule has 1 heterocycles. The maximum absolute atomic E-state index is 12.4. The second-order valence-electron chi connectivity index (χ2n) is 5.70. The summed E-state index contributed by atoms with van der Waals surface area (Å²) in [6.45, 7) is 1.79. The average Bonchev–Trinajstić information content (AvgIpc) is 2.64. The van der Waals surface area contributed by atoms with Crippen LogP contribution in [-0.2, 0) is 0 Å². The van der Waals surface area contributed by atoms with Crippen molar-refractivity contribution in [2.45, 2.75) is 6.92 Å². The number of rotatable bonds is 4. The monoisotopic (exact) mass is 461 g/mol. The van der Waals surface area contributed by atoms with Gasteiger partial charge in [-0.15, -0.1) is 0 Å². The third-order valence-corrected chi connectivity index (χ3v) is 4.89. The first kappa shape index (κ1) is 19.5. The van der Waals surface area contributed by atoms with Crippen molar-refractivity contribution in [3.63, 3.8) is 0 Å². The minimum atomic E-state index is -0.344. The molecule has 0 radical (unpaired) electrons. The molecule has 0 unspecified atom stereocenters. The minimum absolute atomic E-state index is 0.344. The highest BCUT2D eigenvalue weighted by Gasteiger charge is 2.11. The Balaban J connectivity index is 1.73. The van der Waals surface area contributed by atoms with Crippen molar-refractivity contribution >= 4 is 51.3 Å². The van der Waals surface area contributed by atoms with E-state index in [4.69, 9.17) is 23.2 Å².